The van der Waals surface area contributed by atoms with E-state index in [1.165, 1.54) is 23.1 Å². The van der Waals surface area contributed by atoms with Crippen molar-refractivity contribution in [3.05, 3.63) is 76.7 Å². The summed E-state index contributed by atoms with van der Waals surface area (Å²) in [5, 5.41) is 24.0. The number of nitrogens with one attached hydrogen (secondary N) is 1. The van der Waals surface area contributed by atoms with Crippen molar-refractivity contribution >= 4 is 44.9 Å². The van der Waals surface area contributed by atoms with Gasteiger partial charge in [-0.05, 0) is 43.4 Å². The molecule has 3 aromatic heterocycles. The van der Waals surface area contributed by atoms with Crippen LogP contribution in [0.2, 0.25) is 0 Å². The molecule has 0 atom stereocenters. The lowest BCUT2D eigenvalue weighted by molar-refractivity contribution is -0.113. The first-order chi connectivity index (χ1) is 19.1. The molecule has 9 heteroatoms. The van der Waals surface area contributed by atoms with Crippen LogP contribution in [0.5, 0.6) is 0 Å². The summed E-state index contributed by atoms with van der Waals surface area (Å²) in [7, 11) is 1.91. The summed E-state index contributed by atoms with van der Waals surface area (Å²) in [6.07, 6.45) is 5.31. The number of anilines is 1. The molecule has 0 bridgehead atoms. The molecule has 0 unspecified atom stereocenters. The highest BCUT2D eigenvalue weighted by atomic mass is 32.2. The molecule has 0 saturated heterocycles. The number of nitriles is 1. The Morgan fingerprint density at radius 1 is 1.08 bits per heavy atom. The molecular weight excluding hydrogens is 525 g/mol. The van der Waals surface area contributed by atoms with Crippen molar-refractivity contribution in [1.82, 2.24) is 19.7 Å². The maximum atomic E-state index is 12.9. The average Bonchev–Trinajstić information content (AvgIpc) is 3.40. The highest BCUT2D eigenvalue weighted by molar-refractivity contribution is 7.99. The van der Waals surface area contributed by atoms with Crippen LogP contribution in [0.4, 0.5) is 5.00 Å². The normalized spacial score (nSPS) is 13.0. The zero-order valence-electron chi connectivity index (χ0n) is 21.5. The Morgan fingerprint density at radius 3 is 2.72 bits per heavy atom. The van der Waals surface area contributed by atoms with Gasteiger partial charge in [0.1, 0.15) is 11.1 Å². The van der Waals surface area contributed by atoms with E-state index in [9.17, 15) is 10.1 Å². The van der Waals surface area contributed by atoms with Crippen LogP contribution >= 0.6 is 23.1 Å². The van der Waals surface area contributed by atoms with Crippen LogP contribution in [0, 0.1) is 11.3 Å². The van der Waals surface area contributed by atoms with Crippen molar-refractivity contribution in [3.63, 3.8) is 0 Å². The van der Waals surface area contributed by atoms with Crippen LogP contribution in [0.15, 0.2) is 65.8 Å². The number of aryl methyl sites for hydroxylation is 1. The lowest BCUT2D eigenvalue weighted by Gasteiger charge is -2.10. The van der Waals surface area contributed by atoms with E-state index < -0.39 is 0 Å². The fourth-order valence-corrected chi connectivity index (χ4v) is 7.00. The van der Waals surface area contributed by atoms with Crippen LogP contribution in [-0.4, -0.2) is 31.4 Å². The number of nitrogens with zero attached hydrogens (tertiary/aromatic N) is 5. The van der Waals surface area contributed by atoms with Gasteiger partial charge in [0.2, 0.25) is 5.91 Å². The number of rotatable bonds is 6. The van der Waals surface area contributed by atoms with E-state index in [0.29, 0.717) is 21.5 Å². The van der Waals surface area contributed by atoms with Crippen LogP contribution in [0.3, 0.4) is 0 Å². The molecule has 1 amide bonds. The fourth-order valence-electron chi connectivity index (χ4n) is 5.03. The monoisotopic (exact) mass is 550 g/mol. The summed E-state index contributed by atoms with van der Waals surface area (Å²) in [6.45, 7) is 0. The lowest BCUT2D eigenvalue weighted by Crippen LogP contribution is -2.14. The molecule has 0 aliphatic heterocycles. The van der Waals surface area contributed by atoms with Crippen molar-refractivity contribution in [3.8, 4) is 28.7 Å². The van der Waals surface area contributed by atoms with Gasteiger partial charge in [-0.1, -0.05) is 66.7 Å². The number of hydrogen-bond donors (Lipinski definition) is 1. The number of carbonyl (C=O) groups excluding carboxylic acids is 1. The van der Waals surface area contributed by atoms with Crippen molar-refractivity contribution in [2.75, 3.05) is 11.1 Å². The molecular formula is C30H26N6OS2. The summed E-state index contributed by atoms with van der Waals surface area (Å²) in [4.78, 5) is 19.0. The molecule has 1 N–H and O–H groups in total. The average molecular weight is 551 g/mol. The molecule has 0 saturated carbocycles. The molecule has 1 aliphatic rings. The first kappa shape index (κ1) is 25.3. The maximum Gasteiger partial charge on any atom is 0.235 e. The van der Waals surface area contributed by atoms with E-state index in [1.54, 1.807) is 11.3 Å². The number of benzene rings is 2. The predicted octanol–water partition coefficient (Wildman–Crippen LogP) is 6.63. The molecule has 1 aliphatic carbocycles. The zero-order valence-corrected chi connectivity index (χ0v) is 23.1. The Hall–Kier alpha value is -4.00. The van der Waals surface area contributed by atoms with E-state index >= 15 is 0 Å². The van der Waals surface area contributed by atoms with Crippen LogP contribution in [-0.2, 0) is 24.7 Å². The minimum Gasteiger partial charge on any atom is -0.316 e. The summed E-state index contributed by atoms with van der Waals surface area (Å²) < 4.78 is 1.92. The van der Waals surface area contributed by atoms with Crippen molar-refractivity contribution in [1.29, 1.82) is 5.26 Å². The zero-order chi connectivity index (χ0) is 26.8. The number of hydrogen-bond acceptors (Lipinski definition) is 7. The number of carbonyl (C=O) groups is 1. The van der Waals surface area contributed by atoms with E-state index in [-0.39, 0.29) is 11.7 Å². The summed E-state index contributed by atoms with van der Waals surface area (Å²) in [5.41, 5.74) is 5.47. The van der Waals surface area contributed by atoms with Crippen LogP contribution < -0.4 is 5.32 Å². The second-order valence-corrected chi connectivity index (χ2v) is 11.6. The number of fused-ring (bicyclic) bond motifs is 2. The van der Waals surface area contributed by atoms with Gasteiger partial charge in [-0.25, -0.2) is 4.98 Å². The molecule has 7 nitrogen and oxygen atoms in total. The first-order valence-corrected chi connectivity index (χ1v) is 14.7. The third-order valence-corrected chi connectivity index (χ3v) is 9.21. The van der Waals surface area contributed by atoms with E-state index in [2.05, 4.69) is 21.6 Å². The maximum absolute atomic E-state index is 12.9. The number of amides is 1. The van der Waals surface area contributed by atoms with E-state index in [1.807, 2.05) is 72.3 Å². The number of para-hydroxylation sites is 1. The highest BCUT2D eigenvalue weighted by Crippen LogP contribution is 2.37. The van der Waals surface area contributed by atoms with Gasteiger partial charge in [-0.15, -0.1) is 21.5 Å². The standard InChI is InChI=1S/C30H26N6OS2/c1-36-28(22-16-25(19-10-4-2-5-11-19)32-24-14-9-8-12-20(22)24)34-35-30(36)38-18-27(37)33-29-23(17-31)21-13-6-3-7-15-26(21)39-29/h2,4-5,8-12,14,16H,3,6-7,13,15,18H2,1H3,(H,33,37). The van der Waals surface area contributed by atoms with Gasteiger partial charge in [0.25, 0.3) is 0 Å². The highest BCUT2D eigenvalue weighted by Gasteiger charge is 2.22. The van der Waals surface area contributed by atoms with Crippen LogP contribution in [0.1, 0.15) is 35.3 Å². The molecule has 39 heavy (non-hydrogen) atoms. The van der Waals surface area contributed by atoms with Gasteiger partial charge in [-0.3, -0.25) is 4.79 Å². The summed E-state index contributed by atoms with van der Waals surface area (Å²) in [5.74, 6) is 0.729. The van der Waals surface area contributed by atoms with Gasteiger partial charge < -0.3 is 9.88 Å². The Morgan fingerprint density at radius 2 is 1.87 bits per heavy atom. The molecule has 194 valence electrons. The molecule has 0 radical (unpaired) electrons. The number of thiophene rings is 1. The topological polar surface area (TPSA) is 96.5 Å². The number of thioether (sulfide) groups is 1. The summed E-state index contributed by atoms with van der Waals surface area (Å²) in [6, 6.07) is 22.5. The van der Waals surface area contributed by atoms with Gasteiger partial charge in [0.05, 0.1) is 22.5 Å². The SMILES string of the molecule is Cn1c(SCC(=O)Nc2sc3c(c2C#N)CCCCC3)nnc1-c1cc(-c2ccccc2)nc2ccccc12. The Kier molecular flexibility index (Phi) is 7.14. The predicted molar refractivity (Wildman–Crippen MR) is 157 cm³/mol. The minimum atomic E-state index is -0.154. The third kappa shape index (κ3) is 5.05. The van der Waals surface area contributed by atoms with Gasteiger partial charge in [-0.2, -0.15) is 5.26 Å². The Labute approximate surface area is 234 Å². The van der Waals surface area contributed by atoms with Crippen molar-refractivity contribution < 1.29 is 4.79 Å². The second kappa shape index (κ2) is 11.0. The Balaban J connectivity index is 1.23. The third-order valence-electron chi connectivity index (χ3n) is 6.98. The van der Waals surface area contributed by atoms with E-state index in [0.717, 1.165) is 59.0 Å². The Bertz CT molecular complexity index is 1720. The lowest BCUT2D eigenvalue weighted by atomic mass is 10.0. The fraction of sp³-hybridized carbons (Fsp3) is 0.233. The van der Waals surface area contributed by atoms with E-state index in [4.69, 9.17) is 4.98 Å². The van der Waals surface area contributed by atoms with Crippen molar-refractivity contribution in [2.45, 2.75) is 37.3 Å². The molecule has 0 spiro atoms. The van der Waals surface area contributed by atoms with Gasteiger partial charge in [0.15, 0.2) is 11.0 Å². The molecule has 5 aromatic rings. The molecule has 2 aromatic carbocycles. The summed E-state index contributed by atoms with van der Waals surface area (Å²) >= 11 is 2.88. The molecule has 6 rings (SSSR count). The van der Waals surface area contributed by atoms with Crippen LogP contribution in [0.25, 0.3) is 33.5 Å². The van der Waals surface area contributed by atoms with Crippen molar-refractivity contribution in [2.24, 2.45) is 7.05 Å². The second-order valence-electron chi connectivity index (χ2n) is 9.52. The molecule has 0 fully saturated rings. The smallest absolute Gasteiger partial charge is 0.235 e. The number of pyridine rings is 1. The minimum absolute atomic E-state index is 0.154. The van der Waals surface area contributed by atoms with Gasteiger partial charge in [0, 0.05) is 28.4 Å². The van der Waals surface area contributed by atoms with Gasteiger partial charge >= 0.3 is 0 Å². The first-order valence-electron chi connectivity index (χ1n) is 12.9. The largest absolute Gasteiger partial charge is 0.316 e. The quantitative estimate of drug-likeness (QED) is 0.188. The number of aromatic nitrogens is 4. The molecule has 3 heterocycles.